The highest BCUT2D eigenvalue weighted by Crippen LogP contribution is 2.33. The number of benzene rings is 1. The van der Waals surface area contributed by atoms with Gasteiger partial charge in [-0.2, -0.15) is 13.2 Å². The molecule has 0 aliphatic carbocycles. The number of nitrogens with zero attached hydrogens (tertiary/aromatic N) is 1. The maximum absolute atomic E-state index is 12.6. The molecule has 0 unspecified atom stereocenters. The molecule has 1 heterocycles. The average molecular weight is 335 g/mol. The van der Waals surface area contributed by atoms with Gasteiger partial charge in [-0.15, -0.1) is 0 Å². The van der Waals surface area contributed by atoms with Crippen LogP contribution in [0.4, 0.5) is 18.9 Å². The summed E-state index contributed by atoms with van der Waals surface area (Å²) in [5.74, 6) is 0. The zero-order valence-electron chi connectivity index (χ0n) is 10.2. The van der Waals surface area contributed by atoms with E-state index in [0.29, 0.717) is 13.1 Å². The Hall–Kier alpha value is -1.01. The third-order valence-corrected chi connectivity index (χ3v) is 3.67. The van der Waals surface area contributed by atoms with Gasteiger partial charge in [0, 0.05) is 35.4 Å². The Bertz CT molecular complexity index is 497. The Morgan fingerprint density at radius 1 is 1.32 bits per heavy atom. The lowest BCUT2D eigenvalue weighted by Crippen LogP contribution is -2.32. The number of halogens is 4. The second-order valence-electron chi connectivity index (χ2n) is 4.40. The summed E-state index contributed by atoms with van der Waals surface area (Å²) in [4.78, 5) is 1.92. The van der Waals surface area contributed by atoms with Gasteiger partial charge in [0.2, 0.25) is 0 Å². The predicted molar refractivity (Wildman–Crippen MR) is 73.0 cm³/mol. The molecule has 0 radical (unpaired) electrons. The van der Waals surface area contributed by atoms with E-state index in [-0.39, 0.29) is 13.0 Å². The third-order valence-electron chi connectivity index (χ3n) is 3.18. The Labute approximate surface area is 118 Å². The van der Waals surface area contributed by atoms with Crippen LogP contribution in [0.1, 0.15) is 12.0 Å². The third kappa shape index (κ3) is 3.30. The van der Waals surface area contributed by atoms with Gasteiger partial charge < -0.3 is 10.6 Å². The van der Waals surface area contributed by atoms with Crippen LogP contribution in [0.2, 0.25) is 0 Å². The van der Waals surface area contributed by atoms with E-state index in [2.05, 4.69) is 15.9 Å². The molecule has 2 nitrogen and oxygen atoms in total. The second kappa shape index (κ2) is 5.54. The van der Waals surface area contributed by atoms with Crippen LogP contribution in [0.25, 0.3) is 0 Å². The number of anilines is 1. The summed E-state index contributed by atoms with van der Waals surface area (Å²) in [7, 11) is 0. The smallest absolute Gasteiger partial charge is 0.367 e. The monoisotopic (exact) mass is 334 g/mol. The van der Waals surface area contributed by atoms with E-state index in [9.17, 15) is 13.2 Å². The largest absolute Gasteiger partial charge is 0.412 e. The predicted octanol–water partition coefficient (Wildman–Crippen LogP) is 3.61. The second-order valence-corrected chi connectivity index (χ2v) is 5.32. The molecule has 0 fully saturated rings. The van der Waals surface area contributed by atoms with Crippen LogP contribution in [0.3, 0.4) is 0 Å². The van der Waals surface area contributed by atoms with Crippen LogP contribution in [0, 0.1) is 0 Å². The highest BCUT2D eigenvalue weighted by Gasteiger charge is 2.34. The molecule has 19 heavy (non-hydrogen) atoms. The van der Waals surface area contributed by atoms with Crippen molar-refractivity contribution >= 4 is 21.6 Å². The lowest BCUT2D eigenvalue weighted by atomic mass is 10.1. The van der Waals surface area contributed by atoms with E-state index in [1.54, 1.807) is 0 Å². The van der Waals surface area contributed by atoms with Crippen molar-refractivity contribution in [1.82, 2.24) is 0 Å². The number of alkyl halides is 3. The van der Waals surface area contributed by atoms with Gasteiger partial charge in [0.15, 0.2) is 0 Å². The summed E-state index contributed by atoms with van der Waals surface area (Å²) in [6.07, 6.45) is -2.93. The van der Waals surface area contributed by atoms with Crippen LogP contribution < -0.4 is 10.6 Å². The van der Waals surface area contributed by atoms with E-state index in [1.807, 2.05) is 23.1 Å². The van der Waals surface area contributed by atoms with E-state index >= 15 is 0 Å². The summed E-state index contributed by atoms with van der Waals surface area (Å²) >= 11 is 3.36. The summed E-state index contributed by atoms with van der Waals surface area (Å²) in [6, 6.07) is 5.66. The highest BCUT2D eigenvalue weighted by atomic mass is 79.9. The maximum Gasteiger partial charge on any atom is 0.412 e. The molecule has 0 spiro atoms. The summed E-state index contributed by atoms with van der Waals surface area (Å²) in [6.45, 7) is 0.991. The first-order valence-electron chi connectivity index (χ1n) is 5.91. The van der Waals surface area contributed by atoms with Crippen molar-refractivity contribution in [3.05, 3.63) is 39.9 Å². The van der Waals surface area contributed by atoms with Gasteiger partial charge in [-0.25, -0.2) is 0 Å². The quantitative estimate of drug-likeness (QED) is 0.837. The molecule has 0 saturated carbocycles. The molecule has 0 amide bonds. The average Bonchev–Trinajstić information content (AvgIpc) is 2.37. The Kier molecular flexibility index (Phi) is 4.20. The fraction of sp³-hybridized carbons (Fsp3) is 0.385. The SMILES string of the molecule is NCc1cc(Br)ccc1N1CC=C(C(F)(F)F)CC1. The lowest BCUT2D eigenvalue weighted by Gasteiger charge is -2.30. The molecule has 0 saturated heterocycles. The Balaban J connectivity index is 2.20. The number of nitrogens with two attached hydrogens (primary N) is 1. The molecule has 2 N–H and O–H groups in total. The summed E-state index contributed by atoms with van der Waals surface area (Å²) in [5.41, 5.74) is 7.08. The summed E-state index contributed by atoms with van der Waals surface area (Å²) in [5, 5.41) is 0. The molecular weight excluding hydrogens is 321 g/mol. The molecule has 1 aliphatic rings. The molecule has 1 aromatic carbocycles. The van der Waals surface area contributed by atoms with E-state index in [4.69, 9.17) is 5.73 Å². The Morgan fingerprint density at radius 3 is 2.58 bits per heavy atom. The molecule has 0 aromatic heterocycles. The molecule has 0 atom stereocenters. The van der Waals surface area contributed by atoms with Gasteiger partial charge in [0.25, 0.3) is 0 Å². The fourth-order valence-electron chi connectivity index (χ4n) is 2.17. The molecule has 0 bridgehead atoms. The van der Waals surface area contributed by atoms with Crippen molar-refractivity contribution in [3.63, 3.8) is 0 Å². The van der Waals surface area contributed by atoms with E-state index in [1.165, 1.54) is 6.08 Å². The first-order chi connectivity index (χ1) is 8.91. The molecule has 1 aliphatic heterocycles. The van der Waals surface area contributed by atoms with Crippen LogP contribution in [-0.4, -0.2) is 19.3 Å². The van der Waals surface area contributed by atoms with Crippen LogP contribution in [0.15, 0.2) is 34.3 Å². The minimum absolute atomic E-state index is 0.0174. The molecule has 2 rings (SSSR count). The standard InChI is InChI=1S/C13H14BrF3N2/c14-11-1-2-12(9(7-11)8-18)19-5-3-10(4-6-19)13(15,16)17/h1-3,7H,4-6,8,18H2. The maximum atomic E-state index is 12.6. The van der Waals surface area contributed by atoms with Gasteiger partial charge in [-0.1, -0.05) is 22.0 Å². The Morgan fingerprint density at radius 2 is 2.05 bits per heavy atom. The van der Waals surface area contributed by atoms with Crippen molar-refractivity contribution in [3.8, 4) is 0 Å². The molecule has 1 aromatic rings. The van der Waals surface area contributed by atoms with Gasteiger partial charge in [-0.05, 0) is 30.2 Å². The topological polar surface area (TPSA) is 29.3 Å². The van der Waals surface area contributed by atoms with Crippen LogP contribution in [-0.2, 0) is 6.54 Å². The number of hydrogen-bond donors (Lipinski definition) is 1. The van der Waals surface area contributed by atoms with Crippen molar-refractivity contribution in [2.24, 2.45) is 5.73 Å². The normalized spacial score (nSPS) is 16.5. The van der Waals surface area contributed by atoms with Crippen molar-refractivity contribution in [1.29, 1.82) is 0 Å². The first kappa shape index (κ1) is 14.4. The van der Waals surface area contributed by atoms with Gasteiger partial charge in [0.05, 0.1) is 0 Å². The van der Waals surface area contributed by atoms with Crippen molar-refractivity contribution in [2.75, 3.05) is 18.0 Å². The zero-order valence-corrected chi connectivity index (χ0v) is 11.8. The van der Waals surface area contributed by atoms with Crippen molar-refractivity contribution in [2.45, 2.75) is 19.1 Å². The number of rotatable bonds is 2. The zero-order chi connectivity index (χ0) is 14.0. The lowest BCUT2D eigenvalue weighted by molar-refractivity contribution is -0.0943. The van der Waals surface area contributed by atoms with Gasteiger partial charge in [0.1, 0.15) is 0 Å². The van der Waals surface area contributed by atoms with Gasteiger partial charge in [-0.3, -0.25) is 0 Å². The summed E-state index contributed by atoms with van der Waals surface area (Å²) < 4.78 is 38.6. The van der Waals surface area contributed by atoms with E-state index < -0.39 is 11.7 Å². The highest BCUT2D eigenvalue weighted by molar-refractivity contribution is 9.10. The minimum Gasteiger partial charge on any atom is -0.367 e. The fourth-order valence-corrected chi connectivity index (χ4v) is 2.58. The van der Waals surface area contributed by atoms with Crippen LogP contribution in [0.5, 0.6) is 0 Å². The molecular formula is C13H14BrF3N2. The van der Waals surface area contributed by atoms with E-state index in [0.717, 1.165) is 15.7 Å². The van der Waals surface area contributed by atoms with Crippen LogP contribution >= 0.6 is 15.9 Å². The molecule has 104 valence electrons. The van der Waals surface area contributed by atoms with Gasteiger partial charge >= 0.3 is 6.18 Å². The molecule has 6 heteroatoms. The minimum atomic E-state index is -4.21. The van der Waals surface area contributed by atoms with Crippen molar-refractivity contribution < 1.29 is 13.2 Å². The first-order valence-corrected chi connectivity index (χ1v) is 6.71. The number of hydrogen-bond acceptors (Lipinski definition) is 2.